The number of nitrogens with zero attached hydrogens (tertiary/aromatic N) is 2. The third-order valence-electron chi connectivity index (χ3n) is 1.51. The highest BCUT2D eigenvalue weighted by atomic mass is 16.5. The van der Waals surface area contributed by atoms with Crippen LogP contribution in [0.4, 0.5) is 0 Å². The number of hydrogen-bond donors (Lipinski definition) is 1. The summed E-state index contributed by atoms with van der Waals surface area (Å²) in [6, 6.07) is 3.49. The van der Waals surface area contributed by atoms with Crippen molar-refractivity contribution in [1.29, 1.82) is 0 Å². The summed E-state index contributed by atoms with van der Waals surface area (Å²) in [6.45, 7) is 1.70. The van der Waals surface area contributed by atoms with E-state index >= 15 is 0 Å². The molecule has 1 N–H and O–H groups in total. The molecule has 0 fully saturated rings. The lowest BCUT2D eigenvalue weighted by atomic mass is 10.2. The molecular formula is C8H10N2O2. The lowest BCUT2D eigenvalue weighted by Crippen LogP contribution is -1.96. The first kappa shape index (κ1) is 8.52. The second kappa shape index (κ2) is 3.71. The van der Waals surface area contributed by atoms with Crippen LogP contribution in [-0.2, 0) is 0 Å². The zero-order valence-corrected chi connectivity index (χ0v) is 6.98. The van der Waals surface area contributed by atoms with Crippen molar-refractivity contribution in [3.63, 3.8) is 0 Å². The number of methoxy groups -OCH3 is 1. The van der Waals surface area contributed by atoms with E-state index in [1.807, 2.05) is 0 Å². The number of aromatic nitrogens is 1. The molecule has 0 unspecified atom stereocenters. The van der Waals surface area contributed by atoms with Crippen molar-refractivity contribution in [2.45, 2.75) is 6.92 Å². The van der Waals surface area contributed by atoms with Crippen LogP contribution in [0.15, 0.2) is 23.5 Å². The summed E-state index contributed by atoms with van der Waals surface area (Å²) in [6.07, 6.45) is 1.59. The summed E-state index contributed by atoms with van der Waals surface area (Å²) in [4.78, 5) is 3.95. The van der Waals surface area contributed by atoms with Crippen LogP contribution < -0.4 is 4.74 Å². The average molecular weight is 166 g/mol. The van der Waals surface area contributed by atoms with Crippen molar-refractivity contribution in [3.8, 4) is 5.88 Å². The van der Waals surface area contributed by atoms with E-state index in [1.165, 1.54) is 0 Å². The lowest BCUT2D eigenvalue weighted by molar-refractivity contribution is 0.319. The Hall–Kier alpha value is -1.58. The summed E-state index contributed by atoms with van der Waals surface area (Å²) in [5.41, 5.74) is 1.31. The summed E-state index contributed by atoms with van der Waals surface area (Å²) in [5.74, 6) is 0.546. The van der Waals surface area contributed by atoms with Crippen molar-refractivity contribution in [2.75, 3.05) is 7.11 Å². The van der Waals surface area contributed by atoms with Crippen molar-refractivity contribution < 1.29 is 9.94 Å². The van der Waals surface area contributed by atoms with Gasteiger partial charge < -0.3 is 9.94 Å². The normalized spacial score (nSPS) is 11.3. The Labute approximate surface area is 70.5 Å². The standard InChI is InChI=1S/C8H10N2O2/c1-6(10-11)7-3-4-8(12-2)9-5-7/h3-5,11H,1-2H3. The van der Waals surface area contributed by atoms with Crippen LogP contribution in [0.3, 0.4) is 0 Å². The van der Waals surface area contributed by atoms with Crippen molar-refractivity contribution in [2.24, 2.45) is 5.16 Å². The van der Waals surface area contributed by atoms with E-state index in [0.29, 0.717) is 11.6 Å². The van der Waals surface area contributed by atoms with E-state index in [1.54, 1.807) is 32.4 Å². The summed E-state index contributed by atoms with van der Waals surface area (Å²) < 4.78 is 4.87. The zero-order chi connectivity index (χ0) is 8.97. The number of pyridine rings is 1. The van der Waals surface area contributed by atoms with Crippen LogP contribution in [0, 0.1) is 0 Å². The van der Waals surface area contributed by atoms with E-state index in [0.717, 1.165) is 5.56 Å². The average Bonchev–Trinajstić information content (AvgIpc) is 2.17. The Kier molecular flexibility index (Phi) is 2.63. The van der Waals surface area contributed by atoms with Gasteiger partial charge in [-0.2, -0.15) is 0 Å². The van der Waals surface area contributed by atoms with Crippen LogP contribution >= 0.6 is 0 Å². The lowest BCUT2D eigenvalue weighted by Gasteiger charge is -1.99. The maximum atomic E-state index is 8.44. The molecule has 0 radical (unpaired) electrons. The van der Waals surface area contributed by atoms with Crippen molar-refractivity contribution in [1.82, 2.24) is 4.98 Å². The molecule has 0 spiro atoms. The third kappa shape index (κ3) is 1.72. The van der Waals surface area contributed by atoms with Crippen LogP contribution in [0.1, 0.15) is 12.5 Å². The van der Waals surface area contributed by atoms with Crippen LogP contribution in [0.25, 0.3) is 0 Å². The largest absolute Gasteiger partial charge is 0.481 e. The highest BCUT2D eigenvalue weighted by Crippen LogP contribution is 2.07. The Morgan fingerprint density at radius 2 is 2.33 bits per heavy atom. The van der Waals surface area contributed by atoms with Gasteiger partial charge in [0.05, 0.1) is 12.8 Å². The van der Waals surface area contributed by atoms with Gasteiger partial charge in [-0.15, -0.1) is 0 Å². The Balaban J connectivity index is 2.92. The van der Waals surface area contributed by atoms with Gasteiger partial charge in [0.25, 0.3) is 0 Å². The van der Waals surface area contributed by atoms with Crippen molar-refractivity contribution >= 4 is 5.71 Å². The minimum absolute atomic E-state index is 0.533. The summed E-state index contributed by atoms with van der Waals surface area (Å²) in [5, 5.41) is 11.5. The summed E-state index contributed by atoms with van der Waals surface area (Å²) in [7, 11) is 1.55. The molecule has 0 aliphatic heterocycles. The molecule has 0 aliphatic carbocycles. The Bertz CT molecular complexity index is 280. The fourth-order valence-corrected chi connectivity index (χ4v) is 0.773. The molecule has 0 saturated carbocycles. The highest BCUT2D eigenvalue weighted by Gasteiger charge is 1.98. The topological polar surface area (TPSA) is 54.7 Å². The van der Waals surface area contributed by atoms with Gasteiger partial charge in [0.1, 0.15) is 0 Å². The van der Waals surface area contributed by atoms with E-state index in [4.69, 9.17) is 9.94 Å². The van der Waals surface area contributed by atoms with Gasteiger partial charge in [-0.1, -0.05) is 5.16 Å². The fraction of sp³-hybridized carbons (Fsp3) is 0.250. The van der Waals surface area contributed by atoms with Crippen LogP contribution in [0.5, 0.6) is 5.88 Å². The van der Waals surface area contributed by atoms with E-state index in [2.05, 4.69) is 10.1 Å². The first-order valence-electron chi connectivity index (χ1n) is 3.47. The zero-order valence-electron chi connectivity index (χ0n) is 6.98. The van der Waals surface area contributed by atoms with E-state index in [9.17, 15) is 0 Å². The molecule has 1 heterocycles. The number of rotatable bonds is 2. The van der Waals surface area contributed by atoms with E-state index in [-0.39, 0.29) is 0 Å². The first-order chi connectivity index (χ1) is 5.77. The molecule has 0 amide bonds. The smallest absolute Gasteiger partial charge is 0.212 e. The fourth-order valence-electron chi connectivity index (χ4n) is 0.773. The van der Waals surface area contributed by atoms with Crippen LogP contribution in [0.2, 0.25) is 0 Å². The Morgan fingerprint density at radius 1 is 1.58 bits per heavy atom. The van der Waals surface area contributed by atoms with Gasteiger partial charge in [-0.05, 0) is 13.0 Å². The molecule has 1 rings (SSSR count). The van der Waals surface area contributed by atoms with Gasteiger partial charge in [-0.3, -0.25) is 0 Å². The quantitative estimate of drug-likeness (QED) is 0.409. The van der Waals surface area contributed by atoms with Gasteiger partial charge >= 0.3 is 0 Å². The number of oxime groups is 1. The molecule has 4 heteroatoms. The Morgan fingerprint density at radius 3 is 2.75 bits per heavy atom. The van der Waals surface area contributed by atoms with Crippen molar-refractivity contribution in [3.05, 3.63) is 23.9 Å². The molecule has 0 bridgehead atoms. The molecule has 0 aliphatic rings. The molecule has 12 heavy (non-hydrogen) atoms. The minimum Gasteiger partial charge on any atom is -0.481 e. The second-order valence-electron chi connectivity index (χ2n) is 2.27. The second-order valence-corrected chi connectivity index (χ2v) is 2.27. The van der Waals surface area contributed by atoms with Gasteiger partial charge in [-0.25, -0.2) is 4.98 Å². The van der Waals surface area contributed by atoms with Crippen LogP contribution in [-0.4, -0.2) is 23.0 Å². The predicted molar refractivity (Wildman–Crippen MR) is 44.8 cm³/mol. The summed E-state index contributed by atoms with van der Waals surface area (Å²) >= 11 is 0. The third-order valence-corrected chi connectivity index (χ3v) is 1.51. The highest BCUT2D eigenvalue weighted by molar-refractivity contribution is 5.97. The molecule has 4 nitrogen and oxygen atoms in total. The molecular weight excluding hydrogens is 156 g/mol. The molecule has 1 aromatic rings. The number of hydrogen-bond acceptors (Lipinski definition) is 4. The maximum absolute atomic E-state index is 8.44. The monoisotopic (exact) mass is 166 g/mol. The maximum Gasteiger partial charge on any atom is 0.212 e. The molecule has 0 saturated heterocycles. The SMILES string of the molecule is COc1ccc(C(C)=NO)cn1. The molecule has 64 valence electrons. The molecule has 1 aromatic heterocycles. The van der Waals surface area contributed by atoms with Gasteiger partial charge in [0.2, 0.25) is 5.88 Å². The first-order valence-corrected chi connectivity index (χ1v) is 3.47. The number of ether oxygens (including phenoxy) is 1. The van der Waals surface area contributed by atoms with Gasteiger partial charge in [0, 0.05) is 17.8 Å². The molecule has 0 aromatic carbocycles. The van der Waals surface area contributed by atoms with E-state index < -0.39 is 0 Å². The minimum atomic E-state index is 0.533. The predicted octanol–water partition coefficient (Wildman–Crippen LogP) is 1.29. The molecule has 0 atom stereocenters. The van der Waals surface area contributed by atoms with Gasteiger partial charge in [0.15, 0.2) is 0 Å².